The van der Waals surface area contributed by atoms with Crippen LogP contribution >= 0.6 is 0 Å². The lowest BCUT2D eigenvalue weighted by molar-refractivity contribution is 0.0966. The Balaban J connectivity index is 1.69. The number of nitrogens with zero attached hydrogens (tertiary/aromatic N) is 1. The highest BCUT2D eigenvalue weighted by molar-refractivity contribution is 6.04. The molecular formula is C21H19N3O. The molecular weight excluding hydrogens is 310 g/mol. The van der Waals surface area contributed by atoms with Gasteiger partial charge in [-0.3, -0.25) is 4.79 Å². The maximum Gasteiger partial charge on any atom is 0.254 e. The molecule has 1 aliphatic heterocycles. The molecule has 3 aromatic rings. The van der Waals surface area contributed by atoms with E-state index in [1.807, 2.05) is 49.5 Å². The van der Waals surface area contributed by atoms with Gasteiger partial charge < -0.3 is 10.6 Å². The number of carbonyl (C=O) groups is 1. The number of pyridine rings is 1. The summed E-state index contributed by atoms with van der Waals surface area (Å²) in [6.07, 6.45) is 2.63. The third kappa shape index (κ3) is 3.11. The predicted octanol–water partition coefficient (Wildman–Crippen LogP) is 3.97. The first kappa shape index (κ1) is 15.4. The normalized spacial score (nSPS) is 12.6. The Kier molecular flexibility index (Phi) is 3.94. The molecule has 1 aliphatic rings. The van der Waals surface area contributed by atoms with Gasteiger partial charge in [0.15, 0.2) is 0 Å². The Morgan fingerprint density at radius 2 is 1.92 bits per heavy atom. The number of hydrogen-bond acceptors (Lipinski definition) is 3. The Morgan fingerprint density at radius 3 is 2.68 bits per heavy atom. The van der Waals surface area contributed by atoms with Crippen LogP contribution < -0.4 is 10.6 Å². The van der Waals surface area contributed by atoms with Crippen molar-refractivity contribution in [2.45, 2.75) is 19.9 Å². The quantitative estimate of drug-likeness (QED) is 0.761. The van der Waals surface area contributed by atoms with Crippen LogP contribution in [-0.4, -0.2) is 10.9 Å². The Bertz CT molecular complexity index is 918. The fourth-order valence-electron chi connectivity index (χ4n) is 3.17. The summed E-state index contributed by atoms with van der Waals surface area (Å²) < 4.78 is 0. The van der Waals surface area contributed by atoms with Crippen LogP contribution in [0.1, 0.15) is 32.6 Å². The van der Waals surface area contributed by atoms with Gasteiger partial charge in [0, 0.05) is 12.7 Å². The predicted molar refractivity (Wildman–Crippen MR) is 99.1 cm³/mol. The molecule has 0 radical (unpaired) electrons. The molecule has 0 unspecified atom stereocenters. The number of nitrogens with one attached hydrogen (secondary N) is 2. The Morgan fingerprint density at radius 1 is 1.08 bits per heavy atom. The topological polar surface area (TPSA) is 54.0 Å². The molecule has 1 aromatic heterocycles. The Hall–Kier alpha value is -3.14. The van der Waals surface area contributed by atoms with Gasteiger partial charge in [-0.25, -0.2) is 4.98 Å². The highest BCUT2D eigenvalue weighted by atomic mass is 16.1. The lowest BCUT2D eigenvalue weighted by Gasteiger charge is -2.13. The summed E-state index contributed by atoms with van der Waals surface area (Å²) in [5.74, 6) is 0.711. The SMILES string of the molecule is Cc1ccc(Nc2ccc(Cc3ccccc3)c3c2C(=O)NC3)nc1. The zero-order valence-corrected chi connectivity index (χ0v) is 14.0. The fraction of sp³-hybridized carbons (Fsp3) is 0.143. The Labute approximate surface area is 146 Å². The van der Waals surface area contributed by atoms with E-state index in [-0.39, 0.29) is 5.91 Å². The molecule has 0 saturated heterocycles. The molecule has 4 rings (SSSR count). The zero-order valence-electron chi connectivity index (χ0n) is 14.0. The van der Waals surface area contributed by atoms with E-state index in [1.54, 1.807) is 0 Å². The summed E-state index contributed by atoms with van der Waals surface area (Å²) >= 11 is 0. The van der Waals surface area contributed by atoms with Gasteiger partial charge in [0.25, 0.3) is 5.91 Å². The summed E-state index contributed by atoms with van der Waals surface area (Å²) in [6, 6.07) is 18.3. The van der Waals surface area contributed by atoms with Gasteiger partial charge in [0.2, 0.25) is 0 Å². The van der Waals surface area contributed by atoms with Crippen molar-refractivity contribution in [3.8, 4) is 0 Å². The maximum atomic E-state index is 12.4. The number of aryl methyl sites for hydroxylation is 1. The van der Waals surface area contributed by atoms with Gasteiger partial charge in [-0.05, 0) is 47.7 Å². The van der Waals surface area contributed by atoms with Crippen LogP contribution in [0.3, 0.4) is 0 Å². The first-order chi connectivity index (χ1) is 12.2. The van der Waals surface area contributed by atoms with Crippen LogP contribution in [0.2, 0.25) is 0 Å². The largest absolute Gasteiger partial charge is 0.348 e. The van der Waals surface area contributed by atoms with Crippen molar-refractivity contribution in [1.82, 2.24) is 10.3 Å². The average molecular weight is 329 g/mol. The molecule has 0 atom stereocenters. The maximum absolute atomic E-state index is 12.4. The number of carbonyl (C=O) groups excluding carboxylic acids is 1. The smallest absolute Gasteiger partial charge is 0.254 e. The lowest BCUT2D eigenvalue weighted by Crippen LogP contribution is -2.13. The second kappa shape index (κ2) is 6.40. The summed E-state index contributed by atoms with van der Waals surface area (Å²) in [6.45, 7) is 2.58. The third-order valence-corrected chi connectivity index (χ3v) is 4.47. The number of rotatable bonds is 4. The highest BCUT2D eigenvalue weighted by Crippen LogP contribution is 2.30. The van der Waals surface area contributed by atoms with E-state index in [2.05, 4.69) is 33.8 Å². The summed E-state index contributed by atoms with van der Waals surface area (Å²) in [7, 11) is 0. The fourth-order valence-corrected chi connectivity index (χ4v) is 3.17. The average Bonchev–Trinajstić information content (AvgIpc) is 3.02. The molecule has 0 saturated carbocycles. The summed E-state index contributed by atoms with van der Waals surface area (Å²) in [5, 5.41) is 6.23. The lowest BCUT2D eigenvalue weighted by atomic mass is 9.96. The van der Waals surface area contributed by atoms with Crippen LogP contribution in [0.25, 0.3) is 0 Å². The van der Waals surface area contributed by atoms with Gasteiger partial charge >= 0.3 is 0 Å². The second-order valence-electron chi connectivity index (χ2n) is 6.32. The number of aromatic nitrogens is 1. The van der Waals surface area contributed by atoms with Crippen molar-refractivity contribution in [1.29, 1.82) is 0 Å². The molecule has 2 heterocycles. The minimum atomic E-state index is -0.0282. The molecule has 0 spiro atoms. The van der Waals surface area contributed by atoms with Crippen LogP contribution in [0.4, 0.5) is 11.5 Å². The van der Waals surface area contributed by atoms with Crippen LogP contribution in [0.5, 0.6) is 0 Å². The molecule has 2 N–H and O–H groups in total. The van der Waals surface area contributed by atoms with Gasteiger partial charge in [0.05, 0.1) is 11.3 Å². The van der Waals surface area contributed by atoms with Crippen molar-refractivity contribution in [3.63, 3.8) is 0 Å². The molecule has 2 aromatic carbocycles. The number of benzene rings is 2. The van der Waals surface area contributed by atoms with Crippen LogP contribution in [-0.2, 0) is 13.0 Å². The zero-order chi connectivity index (χ0) is 17.2. The minimum Gasteiger partial charge on any atom is -0.348 e. The number of hydrogen-bond donors (Lipinski definition) is 2. The first-order valence-electron chi connectivity index (χ1n) is 8.37. The summed E-state index contributed by atoms with van der Waals surface area (Å²) in [4.78, 5) is 16.7. The van der Waals surface area contributed by atoms with Crippen molar-refractivity contribution >= 4 is 17.4 Å². The van der Waals surface area contributed by atoms with Gasteiger partial charge in [0.1, 0.15) is 5.82 Å². The molecule has 0 fully saturated rings. The standard InChI is InChI=1S/C21H19N3O/c1-14-7-10-19(22-12-14)24-18-9-8-16(11-15-5-3-2-4-6-15)17-13-23-21(25)20(17)18/h2-10,12H,11,13H2,1H3,(H,22,24)(H,23,25). The molecule has 4 nitrogen and oxygen atoms in total. The number of anilines is 2. The van der Waals surface area contributed by atoms with Crippen molar-refractivity contribution in [3.05, 3.63) is 88.6 Å². The molecule has 0 bridgehead atoms. The van der Waals surface area contributed by atoms with Gasteiger partial charge in [-0.15, -0.1) is 0 Å². The van der Waals surface area contributed by atoms with E-state index in [4.69, 9.17) is 0 Å². The number of amides is 1. The summed E-state index contributed by atoms with van der Waals surface area (Å²) in [5.41, 5.74) is 6.14. The molecule has 0 aliphatic carbocycles. The van der Waals surface area contributed by atoms with Crippen LogP contribution in [0.15, 0.2) is 60.8 Å². The van der Waals surface area contributed by atoms with Crippen molar-refractivity contribution < 1.29 is 4.79 Å². The van der Waals surface area contributed by atoms with Crippen molar-refractivity contribution in [2.24, 2.45) is 0 Å². The molecule has 124 valence electrons. The van der Waals surface area contributed by atoms with Crippen LogP contribution in [0, 0.1) is 6.92 Å². The minimum absolute atomic E-state index is 0.0282. The van der Waals surface area contributed by atoms with E-state index >= 15 is 0 Å². The molecule has 4 heteroatoms. The molecule has 1 amide bonds. The van der Waals surface area contributed by atoms with Crippen molar-refractivity contribution in [2.75, 3.05) is 5.32 Å². The monoisotopic (exact) mass is 329 g/mol. The first-order valence-corrected chi connectivity index (χ1v) is 8.37. The highest BCUT2D eigenvalue weighted by Gasteiger charge is 2.25. The van der Waals surface area contributed by atoms with E-state index < -0.39 is 0 Å². The van der Waals surface area contributed by atoms with Gasteiger partial charge in [-0.2, -0.15) is 0 Å². The van der Waals surface area contributed by atoms with E-state index in [0.29, 0.717) is 6.54 Å². The number of fused-ring (bicyclic) bond motifs is 1. The van der Waals surface area contributed by atoms with E-state index in [0.717, 1.165) is 34.6 Å². The molecule has 25 heavy (non-hydrogen) atoms. The second-order valence-corrected chi connectivity index (χ2v) is 6.32. The van der Waals surface area contributed by atoms with Gasteiger partial charge in [-0.1, -0.05) is 42.5 Å². The third-order valence-electron chi connectivity index (χ3n) is 4.47. The van der Waals surface area contributed by atoms with E-state index in [1.165, 1.54) is 11.1 Å². The van der Waals surface area contributed by atoms with E-state index in [9.17, 15) is 4.79 Å².